The maximum Gasteiger partial charge on any atom is 0.179 e. The van der Waals surface area contributed by atoms with Crippen molar-refractivity contribution >= 4 is 23.7 Å². The summed E-state index contributed by atoms with van der Waals surface area (Å²) in [5.74, 6) is 1.75. The van der Waals surface area contributed by atoms with E-state index in [1.165, 1.54) is 11.1 Å². The van der Waals surface area contributed by atoms with E-state index in [0.717, 1.165) is 60.6 Å². The van der Waals surface area contributed by atoms with Gasteiger partial charge in [0, 0.05) is 24.7 Å². The molecule has 0 unspecified atom stereocenters. The third kappa shape index (κ3) is 4.11. The SMILES string of the molecule is COc1ccc(CNCCc2c3c(n4ccccc24)C(=O)CCC3)cc1OC.Cl. The number of carbonyl (C=O) groups excluding carboxylic acids is 1. The molecule has 0 saturated carbocycles. The van der Waals surface area contributed by atoms with Crippen molar-refractivity contribution in [3.05, 3.63) is 65.0 Å². The predicted octanol–water partition coefficient (Wildman–Crippen LogP) is 4.23. The largest absolute Gasteiger partial charge is 0.493 e. The van der Waals surface area contributed by atoms with E-state index in [4.69, 9.17) is 9.47 Å². The van der Waals surface area contributed by atoms with Gasteiger partial charge in [-0.25, -0.2) is 0 Å². The van der Waals surface area contributed by atoms with Gasteiger partial charge in [0.2, 0.25) is 0 Å². The number of rotatable bonds is 7. The number of ether oxygens (including phenoxy) is 2. The van der Waals surface area contributed by atoms with E-state index in [9.17, 15) is 4.79 Å². The fourth-order valence-corrected chi connectivity index (χ4v) is 4.16. The van der Waals surface area contributed by atoms with Crippen LogP contribution in [0.2, 0.25) is 0 Å². The van der Waals surface area contributed by atoms with Crippen LogP contribution in [-0.2, 0) is 19.4 Å². The van der Waals surface area contributed by atoms with Crippen LogP contribution in [-0.4, -0.2) is 30.9 Å². The molecule has 0 spiro atoms. The average Bonchev–Trinajstić information content (AvgIpc) is 3.06. The highest BCUT2D eigenvalue weighted by molar-refractivity contribution is 5.99. The minimum Gasteiger partial charge on any atom is -0.493 e. The number of hydrogen-bond donors (Lipinski definition) is 1. The standard InChI is InChI=1S/C23H26N2O3.ClH/c1-27-21-10-9-16(14-22(21)28-2)15-24-12-11-17-18-6-5-8-20(26)23(18)25-13-4-3-7-19(17)25;/h3-4,7,9-10,13-14,24H,5-6,8,11-12,15H2,1-2H3;1H. The smallest absolute Gasteiger partial charge is 0.179 e. The minimum absolute atomic E-state index is 0. The third-order valence-corrected chi connectivity index (χ3v) is 5.48. The zero-order valence-corrected chi connectivity index (χ0v) is 17.7. The Bertz CT molecular complexity index is 1010. The van der Waals surface area contributed by atoms with E-state index in [0.29, 0.717) is 6.42 Å². The second-order valence-electron chi connectivity index (χ2n) is 7.15. The maximum absolute atomic E-state index is 12.5. The second kappa shape index (κ2) is 9.33. The lowest BCUT2D eigenvalue weighted by atomic mass is 9.92. The van der Waals surface area contributed by atoms with E-state index in [2.05, 4.69) is 15.8 Å². The van der Waals surface area contributed by atoms with E-state index in [1.54, 1.807) is 14.2 Å². The summed E-state index contributed by atoms with van der Waals surface area (Å²) in [5, 5.41) is 3.52. The zero-order chi connectivity index (χ0) is 19.5. The van der Waals surface area contributed by atoms with Gasteiger partial charge in [-0.15, -0.1) is 12.4 Å². The van der Waals surface area contributed by atoms with Gasteiger partial charge in [0.1, 0.15) is 0 Å². The molecule has 1 N–H and O–H groups in total. The second-order valence-corrected chi connectivity index (χ2v) is 7.15. The Morgan fingerprint density at radius 1 is 1.07 bits per heavy atom. The first-order chi connectivity index (χ1) is 13.7. The summed E-state index contributed by atoms with van der Waals surface area (Å²) in [6, 6.07) is 12.1. The van der Waals surface area contributed by atoms with Crippen LogP contribution in [0.25, 0.3) is 5.52 Å². The Labute approximate surface area is 177 Å². The van der Waals surface area contributed by atoms with Crippen molar-refractivity contribution in [3.8, 4) is 11.5 Å². The molecule has 0 amide bonds. The van der Waals surface area contributed by atoms with Crippen molar-refractivity contribution in [1.82, 2.24) is 9.72 Å². The number of nitrogens with zero attached hydrogens (tertiary/aromatic N) is 1. The summed E-state index contributed by atoms with van der Waals surface area (Å²) in [6.45, 7) is 1.61. The van der Waals surface area contributed by atoms with Gasteiger partial charge < -0.3 is 19.2 Å². The Kier molecular flexibility index (Phi) is 6.83. The van der Waals surface area contributed by atoms with Crippen molar-refractivity contribution in [1.29, 1.82) is 0 Å². The monoisotopic (exact) mass is 414 g/mol. The Morgan fingerprint density at radius 2 is 1.90 bits per heavy atom. The molecule has 1 aliphatic carbocycles. The lowest BCUT2D eigenvalue weighted by Crippen LogP contribution is -2.18. The molecule has 29 heavy (non-hydrogen) atoms. The van der Waals surface area contributed by atoms with Gasteiger partial charge in [0.25, 0.3) is 0 Å². The number of halogens is 1. The molecule has 0 saturated heterocycles. The zero-order valence-electron chi connectivity index (χ0n) is 16.9. The highest BCUT2D eigenvalue weighted by Gasteiger charge is 2.25. The third-order valence-electron chi connectivity index (χ3n) is 5.48. The topological polar surface area (TPSA) is 52.0 Å². The Morgan fingerprint density at radius 3 is 2.69 bits per heavy atom. The molecule has 6 heteroatoms. The van der Waals surface area contributed by atoms with Crippen LogP contribution in [0.5, 0.6) is 11.5 Å². The lowest BCUT2D eigenvalue weighted by molar-refractivity contribution is 0.0966. The van der Waals surface area contributed by atoms with Gasteiger partial charge >= 0.3 is 0 Å². The molecule has 2 aromatic heterocycles. The molecule has 0 fully saturated rings. The number of hydrogen-bond acceptors (Lipinski definition) is 4. The number of fused-ring (bicyclic) bond motifs is 3. The summed E-state index contributed by atoms with van der Waals surface area (Å²) in [5.41, 5.74) is 5.77. The maximum atomic E-state index is 12.5. The summed E-state index contributed by atoms with van der Waals surface area (Å²) in [7, 11) is 3.29. The van der Waals surface area contributed by atoms with Crippen molar-refractivity contribution in [3.63, 3.8) is 0 Å². The van der Waals surface area contributed by atoms with E-state index in [-0.39, 0.29) is 18.2 Å². The number of aromatic nitrogens is 1. The number of benzene rings is 1. The predicted molar refractivity (Wildman–Crippen MR) is 117 cm³/mol. The van der Waals surface area contributed by atoms with Gasteiger partial charge in [0.05, 0.1) is 19.9 Å². The molecule has 0 aliphatic heterocycles. The fourth-order valence-electron chi connectivity index (χ4n) is 4.16. The Hall–Kier alpha value is -2.50. The average molecular weight is 415 g/mol. The van der Waals surface area contributed by atoms with Crippen molar-refractivity contribution in [2.24, 2.45) is 0 Å². The summed E-state index contributed by atoms with van der Waals surface area (Å²) in [4.78, 5) is 12.5. The Balaban J connectivity index is 0.00000240. The summed E-state index contributed by atoms with van der Waals surface area (Å²) in [6.07, 6.45) is 5.52. The lowest BCUT2D eigenvalue weighted by Gasteiger charge is -2.13. The molecule has 0 radical (unpaired) electrons. The van der Waals surface area contributed by atoms with Gasteiger partial charge in [-0.05, 0) is 66.8 Å². The summed E-state index contributed by atoms with van der Waals surface area (Å²) < 4.78 is 12.8. The summed E-state index contributed by atoms with van der Waals surface area (Å²) >= 11 is 0. The van der Waals surface area contributed by atoms with Crippen molar-refractivity contribution in [2.75, 3.05) is 20.8 Å². The minimum atomic E-state index is 0. The number of ketones is 1. The molecule has 0 atom stereocenters. The quantitative estimate of drug-likeness (QED) is 0.588. The normalized spacial score (nSPS) is 13.1. The first-order valence-electron chi connectivity index (χ1n) is 9.78. The first kappa shape index (κ1) is 21.2. The number of carbonyl (C=O) groups is 1. The molecule has 1 aliphatic rings. The molecule has 1 aromatic carbocycles. The van der Waals surface area contributed by atoms with Gasteiger partial charge in [-0.1, -0.05) is 12.1 Å². The molecule has 2 heterocycles. The van der Waals surface area contributed by atoms with Crippen LogP contribution < -0.4 is 14.8 Å². The number of nitrogens with one attached hydrogen (secondary N) is 1. The number of Topliss-reactive ketones (excluding diaryl/α,β-unsaturated/α-hetero) is 1. The van der Waals surface area contributed by atoms with Crippen LogP contribution in [0.15, 0.2) is 42.6 Å². The van der Waals surface area contributed by atoms with Gasteiger partial charge in [-0.3, -0.25) is 4.79 Å². The fraction of sp³-hybridized carbons (Fsp3) is 0.348. The molecule has 4 rings (SSSR count). The molecule has 154 valence electrons. The molecular formula is C23H27ClN2O3. The number of pyridine rings is 1. The van der Waals surface area contributed by atoms with Crippen LogP contribution in [0, 0.1) is 0 Å². The van der Waals surface area contributed by atoms with E-state index < -0.39 is 0 Å². The van der Waals surface area contributed by atoms with Crippen LogP contribution in [0.4, 0.5) is 0 Å². The molecule has 3 aromatic rings. The number of methoxy groups -OCH3 is 2. The van der Waals surface area contributed by atoms with E-state index >= 15 is 0 Å². The highest BCUT2D eigenvalue weighted by Crippen LogP contribution is 2.31. The van der Waals surface area contributed by atoms with Gasteiger partial charge in [0.15, 0.2) is 17.3 Å². The molecular weight excluding hydrogens is 388 g/mol. The van der Waals surface area contributed by atoms with Crippen LogP contribution >= 0.6 is 12.4 Å². The van der Waals surface area contributed by atoms with Crippen LogP contribution in [0.3, 0.4) is 0 Å². The first-order valence-corrected chi connectivity index (χ1v) is 9.78. The highest BCUT2D eigenvalue weighted by atomic mass is 35.5. The molecule has 5 nitrogen and oxygen atoms in total. The molecule has 0 bridgehead atoms. The van der Waals surface area contributed by atoms with Gasteiger partial charge in [-0.2, -0.15) is 0 Å². The van der Waals surface area contributed by atoms with E-state index in [1.807, 2.05) is 36.5 Å². The van der Waals surface area contributed by atoms with Crippen molar-refractivity contribution < 1.29 is 14.3 Å². The van der Waals surface area contributed by atoms with Crippen LogP contribution in [0.1, 0.15) is 40.0 Å². The van der Waals surface area contributed by atoms with Crippen molar-refractivity contribution in [2.45, 2.75) is 32.2 Å².